The Labute approximate surface area is 108 Å². The van der Waals surface area contributed by atoms with Gasteiger partial charge in [0.2, 0.25) is 0 Å². The van der Waals surface area contributed by atoms with Crippen LogP contribution in [0.15, 0.2) is 18.3 Å². The third kappa shape index (κ3) is 6.08. The number of aryl methyl sites for hydroxylation is 1. The van der Waals surface area contributed by atoms with Gasteiger partial charge in [0.1, 0.15) is 11.4 Å². The van der Waals surface area contributed by atoms with Crippen molar-refractivity contribution < 1.29 is 9.53 Å². The van der Waals surface area contributed by atoms with Crippen molar-refractivity contribution in [2.24, 2.45) is 0 Å². The van der Waals surface area contributed by atoms with Gasteiger partial charge in [0.05, 0.1) is 0 Å². The number of nitrogen functional groups attached to an aromatic ring is 1. The number of nitrogens with one attached hydrogen (secondary N) is 1. The Morgan fingerprint density at radius 3 is 2.83 bits per heavy atom. The van der Waals surface area contributed by atoms with Crippen LogP contribution in [0.2, 0.25) is 0 Å². The fraction of sp³-hybridized carbons (Fsp3) is 0.538. The van der Waals surface area contributed by atoms with Crippen LogP contribution in [0, 0.1) is 0 Å². The van der Waals surface area contributed by atoms with E-state index < -0.39 is 5.60 Å². The summed E-state index contributed by atoms with van der Waals surface area (Å²) in [5, 5.41) is 2.72. The van der Waals surface area contributed by atoms with Gasteiger partial charge in [-0.1, -0.05) is 0 Å². The molecular formula is C13H21N3O2. The molecule has 1 aromatic rings. The molecule has 0 aliphatic carbocycles. The van der Waals surface area contributed by atoms with Crippen LogP contribution in [-0.4, -0.2) is 23.2 Å². The molecule has 5 nitrogen and oxygen atoms in total. The molecule has 0 unspecified atom stereocenters. The lowest BCUT2D eigenvalue weighted by atomic mass is 10.1. The lowest BCUT2D eigenvalue weighted by Gasteiger charge is -2.19. The Balaban J connectivity index is 2.21. The van der Waals surface area contributed by atoms with Gasteiger partial charge in [-0.15, -0.1) is 0 Å². The lowest BCUT2D eigenvalue weighted by molar-refractivity contribution is 0.0527. The topological polar surface area (TPSA) is 77.2 Å². The normalized spacial score (nSPS) is 11.1. The highest BCUT2D eigenvalue weighted by atomic mass is 16.6. The Morgan fingerprint density at radius 2 is 2.22 bits per heavy atom. The maximum absolute atomic E-state index is 11.4. The largest absolute Gasteiger partial charge is 0.444 e. The number of aromatic nitrogens is 1. The maximum atomic E-state index is 11.4. The average molecular weight is 251 g/mol. The third-order valence-electron chi connectivity index (χ3n) is 2.16. The van der Waals surface area contributed by atoms with E-state index in [1.54, 1.807) is 6.20 Å². The number of hydrogen-bond donors (Lipinski definition) is 2. The van der Waals surface area contributed by atoms with Crippen molar-refractivity contribution in [2.45, 2.75) is 39.2 Å². The van der Waals surface area contributed by atoms with E-state index in [4.69, 9.17) is 10.5 Å². The van der Waals surface area contributed by atoms with Crippen LogP contribution in [-0.2, 0) is 11.2 Å². The van der Waals surface area contributed by atoms with Gasteiger partial charge in [0.25, 0.3) is 0 Å². The first-order chi connectivity index (χ1) is 8.37. The molecule has 0 spiro atoms. The van der Waals surface area contributed by atoms with Crippen LogP contribution in [0.3, 0.4) is 0 Å². The van der Waals surface area contributed by atoms with Crippen molar-refractivity contribution in [1.29, 1.82) is 0 Å². The quantitative estimate of drug-likeness (QED) is 0.803. The predicted molar refractivity (Wildman–Crippen MR) is 71.2 cm³/mol. The van der Waals surface area contributed by atoms with Crippen molar-refractivity contribution in [3.05, 3.63) is 23.9 Å². The molecule has 0 saturated heterocycles. The summed E-state index contributed by atoms with van der Waals surface area (Å²) in [6, 6.07) is 3.76. The van der Waals surface area contributed by atoms with E-state index >= 15 is 0 Å². The number of anilines is 1. The average Bonchev–Trinajstić information content (AvgIpc) is 2.22. The number of pyridine rings is 1. The van der Waals surface area contributed by atoms with Gasteiger partial charge >= 0.3 is 6.09 Å². The van der Waals surface area contributed by atoms with E-state index in [2.05, 4.69) is 10.3 Å². The van der Waals surface area contributed by atoms with E-state index in [-0.39, 0.29) is 6.09 Å². The van der Waals surface area contributed by atoms with Gasteiger partial charge in [-0.3, -0.25) is 0 Å². The zero-order valence-corrected chi connectivity index (χ0v) is 11.2. The molecule has 1 heterocycles. The number of hydrogen-bond acceptors (Lipinski definition) is 4. The number of ether oxygens (including phenoxy) is 1. The van der Waals surface area contributed by atoms with Crippen LogP contribution in [0.1, 0.15) is 32.8 Å². The molecular weight excluding hydrogens is 230 g/mol. The van der Waals surface area contributed by atoms with E-state index in [1.165, 1.54) is 0 Å². The number of nitrogens with zero attached hydrogens (tertiary/aromatic N) is 1. The fourth-order valence-electron chi connectivity index (χ4n) is 1.45. The molecule has 0 radical (unpaired) electrons. The third-order valence-corrected chi connectivity index (χ3v) is 2.16. The monoisotopic (exact) mass is 251 g/mol. The maximum Gasteiger partial charge on any atom is 0.407 e. The number of carbonyl (C=O) groups is 1. The molecule has 5 heteroatoms. The molecule has 0 fully saturated rings. The molecule has 3 N–H and O–H groups in total. The van der Waals surface area contributed by atoms with Crippen molar-refractivity contribution >= 4 is 11.9 Å². The first kappa shape index (κ1) is 14.3. The number of nitrogens with two attached hydrogens (primary N) is 1. The minimum atomic E-state index is -0.455. The summed E-state index contributed by atoms with van der Waals surface area (Å²) in [5.74, 6) is 0.521. The minimum absolute atomic E-state index is 0.378. The highest BCUT2D eigenvalue weighted by Gasteiger charge is 2.15. The van der Waals surface area contributed by atoms with E-state index in [9.17, 15) is 4.79 Å². The van der Waals surface area contributed by atoms with Crippen molar-refractivity contribution in [1.82, 2.24) is 10.3 Å². The van der Waals surface area contributed by atoms with Crippen LogP contribution < -0.4 is 11.1 Å². The number of carbonyl (C=O) groups excluding carboxylic acids is 1. The number of rotatable bonds is 4. The zero-order valence-electron chi connectivity index (χ0n) is 11.2. The predicted octanol–water partition coefficient (Wildman–Crippen LogP) is 2.12. The fourth-order valence-corrected chi connectivity index (χ4v) is 1.45. The molecule has 0 aliphatic heterocycles. The van der Waals surface area contributed by atoms with Gasteiger partial charge in [0.15, 0.2) is 0 Å². The van der Waals surface area contributed by atoms with Crippen molar-refractivity contribution in [2.75, 3.05) is 12.3 Å². The summed E-state index contributed by atoms with van der Waals surface area (Å²) in [7, 11) is 0. The molecule has 1 rings (SSSR count). The van der Waals surface area contributed by atoms with Crippen LogP contribution in [0.25, 0.3) is 0 Å². The van der Waals surface area contributed by atoms with E-state index in [0.29, 0.717) is 12.4 Å². The summed E-state index contributed by atoms with van der Waals surface area (Å²) in [6.07, 6.45) is 2.99. The van der Waals surface area contributed by atoms with Gasteiger partial charge in [-0.05, 0) is 51.3 Å². The highest BCUT2D eigenvalue weighted by molar-refractivity contribution is 5.67. The Morgan fingerprint density at radius 1 is 1.50 bits per heavy atom. The summed E-state index contributed by atoms with van der Waals surface area (Å²) in [6.45, 7) is 6.10. The van der Waals surface area contributed by atoms with Gasteiger partial charge < -0.3 is 15.8 Å². The summed E-state index contributed by atoms with van der Waals surface area (Å²) >= 11 is 0. The molecule has 0 aromatic carbocycles. The highest BCUT2D eigenvalue weighted by Crippen LogP contribution is 2.07. The summed E-state index contributed by atoms with van der Waals surface area (Å²) in [4.78, 5) is 15.3. The van der Waals surface area contributed by atoms with Gasteiger partial charge in [-0.2, -0.15) is 0 Å². The van der Waals surface area contributed by atoms with E-state index in [1.807, 2.05) is 32.9 Å². The SMILES string of the molecule is CC(C)(C)OC(=O)NCCCc1ccnc(N)c1. The van der Waals surface area contributed by atoms with E-state index in [0.717, 1.165) is 18.4 Å². The lowest BCUT2D eigenvalue weighted by Crippen LogP contribution is -2.33. The Bertz CT molecular complexity index is 399. The summed E-state index contributed by atoms with van der Waals surface area (Å²) < 4.78 is 5.13. The smallest absolute Gasteiger partial charge is 0.407 e. The first-order valence-electron chi connectivity index (χ1n) is 6.04. The number of amides is 1. The van der Waals surface area contributed by atoms with Crippen molar-refractivity contribution in [3.8, 4) is 0 Å². The van der Waals surface area contributed by atoms with Crippen molar-refractivity contribution in [3.63, 3.8) is 0 Å². The number of alkyl carbamates (subject to hydrolysis) is 1. The van der Waals surface area contributed by atoms with Crippen LogP contribution in [0.5, 0.6) is 0 Å². The van der Waals surface area contributed by atoms with Crippen LogP contribution in [0.4, 0.5) is 10.6 Å². The second-order valence-electron chi connectivity index (χ2n) is 5.12. The minimum Gasteiger partial charge on any atom is -0.444 e. The Kier molecular flexibility index (Phi) is 4.95. The first-order valence-corrected chi connectivity index (χ1v) is 6.04. The molecule has 0 saturated carbocycles. The second kappa shape index (κ2) is 6.23. The molecule has 0 atom stereocenters. The second-order valence-corrected chi connectivity index (χ2v) is 5.12. The Hall–Kier alpha value is -1.78. The molecule has 1 amide bonds. The molecule has 0 bridgehead atoms. The molecule has 18 heavy (non-hydrogen) atoms. The molecule has 100 valence electrons. The van der Waals surface area contributed by atoms with Gasteiger partial charge in [0, 0.05) is 12.7 Å². The standard InChI is InChI=1S/C13H21N3O2/c1-13(2,3)18-12(17)16-7-4-5-10-6-8-15-11(14)9-10/h6,8-9H,4-5,7H2,1-3H3,(H2,14,15)(H,16,17). The summed E-state index contributed by atoms with van der Waals surface area (Å²) in [5.41, 5.74) is 6.24. The molecule has 0 aliphatic rings. The van der Waals surface area contributed by atoms with Crippen LogP contribution >= 0.6 is 0 Å². The van der Waals surface area contributed by atoms with Gasteiger partial charge in [-0.25, -0.2) is 9.78 Å². The molecule has 1 aromatic heterocycles. The zero-order chi connectivity index (χ0) is 13.6.